The van der Waals surface area contributed by atoms with Crippen LogP contribution in [-0.4, -0.2) is 32.2 Å². The zero-order valence-electron chi connectivity index (χ0n) is 12.7. The summed E-state index contributed by atoms with van der Waals surface area (Å²) >= 11 is 2.12. The molecule has 6 nitrogen and oxygen atoms in total. The molecule has 2 aromatic rings. The summed E-state index contributed by atoms with van der Waals surface area (Å²) in [7, 11) is -2.46. The Labute approximate surface area is 154 Å². The van der Waals surface area contributed by atoms with E-state index in [0.29, 0.717) is 11.3 Å². The van der Waals surface area contributed by atoms with Crippen LogP contribution in [0.5, 0.6) is 0 Å². The highest BCUT2D eigenvalue weighted by molar-refractivity contribution is 14.1. The van der Waals surface area contributed by atoms with Crippen molar-refractivity contribution in [2.75, 3.05) is 18.9 Å². The molecule has 0 unspecified atom stereocenters. The van der Waals surface area contributed by atoms with E-state index in [1.807, 2.05) is 12.1 Å². The normalized spacial score (nSPS) is 11.1. The zero-order chi connectivity index (χ0) is 17.7. The second kappa shape index (κ2) is 7.74. The molecular formula is C16H14IN3O3S. The van der Waals surface area contributed by atoms with Crippen LogP contribution in [0.15, 0.2) is 53.4 Å². The minimum atomic E-state index is -3.80. The smallest absolute Gasteiger partial charge is 0.243 e. The molecule has 1 amide bonds. The fourth-order valence-corrected chi connectivity index (χ4v) is 3.61. The van der Waals surface area contributed by atoms with Crippen molar-refractivity contribution < 1.29 is 13.2 Å². The molecule has 0 saturated heterocycles. The minimum Gasteiger partial charge on any atom is -0.325 e. The van der Waals surface area contributed by atoms with Crippen molar-refractivity contribution >= 4 is 44.2 Å². The van der Waals surface area contributed by atoms with Crippen LogP contribution in [0, 0.1) is 14.9 Å². The van der Waals surface area contributed by atoms with E-state index in [1.54, 1.807) is 18.2 Å². The number of carbonyl (C=O) groups excluding carboxylic acids is 1. The molecule has 0 heterocycles. The molecule has 8 heteroatoms. The number of anilines is 1. The van der Waals surface area contributed by atoms with E-state index in [4.69, 9.17) is 5.26 Å². The van der Waals surface area contributed by atoms with E-state index < -0.39 is 15.9 Å². The third-order valence-electron chi connectivity index (χ3n) is 3.17. The number of halogens is 1. The second-order valence-corrected chi connectivity index (χ2v) is 8.25. The number of nitrogens with one attached hydrogen (secondary N) is 1. The van der Waals surface area contributed by atoms with Crippen LogP contribution in [0.1, 0.15) is 5.56 Å². The van der Waals surface area contributed by atoms with Crippen LogP contribution in [0.3, 0.4) is 0 Å². The first-order chi connectivity index (χ1) is 11.3. The van der Waals surface area contributed by atoms with Gasteiger partial charge in [-0.15, -0.1) is 0 Å². The number of carbonyl (C=O) groups is 1. The number of benzene rings is 2. The molecule has 0 atom stereocenters. The average Bonchev–Trinajstić information content (AvgIpc) is 2.54. The quantitative estimate of drug-likeness (QED) is 0.702. The van der Waals surface area contributed by atoms with Gasteiger partial charge in [0.15, 0.2) is 0 Å². The Morgan fingerprint density at radius 2 is 1.92 bits per heavy atom. The van der Waals surface area contributed by atoms with Gasteiger partial charge in [0.25, 0.3) is 0 Å². The molecule has 0 aliphatic heterocycles. The van der Waals surface area contributed by atoms with Gasteiger partial charge in [0.05, 0.1) is 23.1 Å². The van der Waals surface area contributed by atoms with Gasteiger partial charge in [-0.25, -0.2) is 8.42 Å². The number of amides is 1. The van der Waals surface area contributed by atoms with Crippen LogP contribution in [0.2, 0.25) is 0 Å². The summed E-state index contributed by atoms with van der Waals surface area (Å²) in [5, 5.41) is 11.4. The zero-order valence-corrected chi connectivity index (χ0v) is 15.7. The summed E-state index contributed by atoms with van der Waals surface area (Å²) in [6, 6.07) is 14.7. The molecule has 0 radical (unpaired) electrons. The number of likely N-dealkylation sites (N-methyl/N-ethyl adjacent to an activating group) is 1. The molecule has 2 aromatic carbocycles. The molecule has 0 aromatic heterocycles. The number of nitriles is 1. The monoisotopic (exact) mass is 455 g/mol. The van der Waals surface area contributed by atoms with E-state index >= 15 is 0 Å². The standard InChI is InChI=1S/C16H14IN3O3S/c1-20(11-16(21)19-14-4-2-3-13(17)9-14)24(22,23)15-7-5-12(10-18)6-8-15/h2-9H,11H2,1H3,(H,19,21). The Kier molecular flexibility index (Phi) is 5.93. The number of nitrogens with zero attached hydrogens (tertiary/aromatic N) is 2. The van der Waals surface area contributed by atoms with E-state index in [-0.39, 0.29) is 11.4 Å². The summed E-state index contributed by atoms with van der Waals surface area (Å²) in [6.07, 6.45) is 0. The maximum atomic E-state index is 12.4. The molecule has 124 valence electrons. The highest BCUT2D eigenvalue weighted by Gasteiger charge is 2.23. The van der Waals surface area contributed by atoms with Gasteiger partial charge in [-0.1, -0.05) is 6.07 Å². The Bertz CT molecular complexity index is 890. The molecular weight excluding hydrogens is 441 g/mol. The topological polar surface area (TPSA) is 90.3 Å². The van der Waals surface area contributed by atoms with Crippen molar-refractivity contribution in [3.63, 3.8) is 0 Å². The molecule has 1 N–H and O–H groups in total. The predicted molar refractivity (Wildman–Crippen MR) is 98.8 cm³/mol. The van der Waals surface area contributed by atoms with Gasteiger partial charge in [0.2, 0.25) is 15.9 Å². The van der Waals surface area contributed by atoms with Crippen LogP contribution in [-0.2, 0) is 14.8 Å². The average molecular weight is 455 g/mol. The highest BCUT2D eigenvalue weighted by atomic mass is 127. The lowest BCUT2D eigenvalue weighted by molar-refractivity contribution is -0.116. The number of sulfonamides is 1. The summed E-state index contributed by atoms with van der Waals surface area (Å²) < 4.78 is 26.8. The molecule has 0 fully saturated rings. The van der Waals surface area contributed by atoms with Crippen molar-refractivity contribution in [2.24, 2.45) is 0 Å². The highest BCUT2D eigenvalue weighted by Crippen LogP contribution is 2.16. The first kappa shape index (κ1) is 18.4. The van der Waals surface area contributed by atoms with Gasteiger partial charge in [-0.05, 0) is 65.1 Å². The Morgan fingerprint density at radius 1 is 1.25 bits per heavy atom. The van der Waals surface area contributed by atoms with Crippen LogP contribution >= 0.6 is 22.6 Å². The van der Waals surface area contributed by atoms with Crippen molar-refractivity contribution in [3.8, 4) is 6.07 Å². The second-order valence-electron chi connectivity index (χ2n) is 4.96. The SMILES string of the molecule is CN(CC(=O)Nc1cccc(I)c1)S(=O)(=O)c1ccc(C#N)cc1. The number of hydrogen-bond donors (Lipinski definition) is 1. The van der Waals surface area contributed by atoms with Gasteiger partial charge in [0.1, 0.15) is 0 Å². The Morgan fingerprint density at radius 3 is 2.50 bits per heavy atom. The van der Waals surface area contributed by atoms with Crippen molar-refractivity contribution in [2.45, 2.75) is 4.90 Å². The maximum absolute atomic E-state index is 12.4. The fraction of sp³-hybridized carbons (Fsp3) is 0.125. The Hall–Kier alpha value is -1.96. The fourth-order valence-electron chi connectivity index (χ4n) is 1.94. The lowest BCUT2D eigenvalue weighted by Gasteiger charge is -2.17. The molecule has 24 heavy (non-hydrogen) atoms. The predicted octanol–water partition coefficient (Wildman–Crippen LogP) is 2.42. The van der Waals surface area contributed by atoms with Crippen molar-refractivity contribution in [1.82, 2.24) is 4.31 Å². The van der Waals surface area contributed by atoms with Crippen LogP contribution in [0.25, 0.3) is 0 Å². The summed E-state index contributed by atoms with van der Waals surface area (Å²) in [5.41, 5.74) is 0.976. The van der Waals surface area contributed by atoms with Crippen molar-refractivity contribution in [3.05, 3.63) is 57.7 Å². The van der Waals surface area contributed by atoms with Gasteiger partial charge in [-0.2, -0.15) is 9.57 Å². The van der Waals surface area contributed by atoms with Gasteiger partial charge >= 0.3 is 0 Å². The van der Waals surface area contributed by atoms with E-state index in [2.05, 4.69) is 27.9 Å². The molecule has 0 bridgehead atoms. The lowest BCUT2D eigenvalue weighted by atomic mass is 10.2. The van der Waals surface area contributed by atoms with Gasteiger partial charge in [-0.3, -0.25) is 4.79 Å². The Balaban J connectivity index is 2.08. The maximum Gasteiger partial charge on any atom is 0.243 e. The molecule has 0 saturated carbocycles. The molecule has 2 rings (SSSR count). The van der Waals surface area contributed by atoms with Crippen LogP contribution in [0.4, 0.5) is 5.69 Å². The van der Waals surface area contributed by atoms with Crippen LogP contribution < -0.4 is 5.32 Å². The van der Waals surface area contributed by atoms with Crippen molar-refractivity contribution in [1.29, 1.82) is 5.26 Å². The number of rotatable bonds is 5. The lowest BCUT2D eigenvalue weighted by Crippen LogP contribution is -2.34. The molecule has 0 aliphatic rings. The first-order valence-electron chi connectivity index (χ1n) is 6.85. The van der Waals surface area contributed by atoms with E-state index in [1.165, 1.54) is 31.3 Å². The third-order valence-corrected chi connectivity index (χ3v) is 5.65. The van der Waals surface area contributed by atoms with Gasteiger partial charge in [0, 0.05) is 16.3 Å². The molecule has 0 spiro atoms. The summed E-state index contributed by atoms with van der Waals surface area (Å²) in [4.78, 5) is 12.1. The first-order valence-corrected chi connectivity index (χ1v) is 9.37. The van der Waals surface area contributed by atoms with E-state index in [9.17, 15) is 13.2 Å². The largest absolute Gasteiger partial charge is 0.325 e. The number of hydrogen-bond acceptors (Lipinski definition) is 4. The summed E-state index contributed by atoms with van der Waals surface area (Å²) in [6.45, 7) is -0.312. The van der Waals surface area contributed by atoms with Gasteiger partial charge < -0.3 is 5.32 Å². The summed E-state index contributed by atoms with van der Waals surface area (Å²) in [5.74, 6) is -0.434. The third kappa shape index (κ3) is 4.53. The molecule has 0 aliphatic carbocycles. The van der Waals surface area contributed by atoms with E-state index in [0.717, 1.165) is 7.88 Å². The minimum absolute atomic E-state index is 0.0334.